The molecule has 0 saturated carbocycles. The first-order valence-corrected chi connectivity index (χ1v) is 13.8. The summed E-state index contributed by atoms with van der Waals surface area (Å²) in [4.78, 5) is 52.4. The summed E-state index contributed by atoms with van der Waals surface area (Å²) in [5.41, 5.74) is -7.17. The lowest BCUT2D eigenvalue weighted by Gasteiger charge is -2.63. The largest absolute Gasteiger partial charge is 0.511 e. The van der Waals surface area contributed by atoms with Crippen molar-refractivity contribution in [3.05, 3.63) is 51.5 Å². The predicted molar refractivity (Wildman–Crippen MR) is 146 cm³/mol. The number of aromatic hydroxyl groups is 1. The number of aliphatic hydroxyl groups is 4. The van der Waals surface area contributed by atoms with Crippen LogP contribution in [0.15, 0.2) is 34.8 Å². The molecule has 10 nitrogen and oxygen atoms in total. The third-order valence-electron chi connectivity index (χ3n) is 9.82. The molecular formula is C31H38O10. The van der Waals surface area contributed by atoms with E-state index in [9.17, 15) is 44.7 Å². The van der Waals surface area contributed by atoms with Crippen molar-refractivity contribution in [1.29, 1.82) is 0 Å². The van der Waals surface area contributed by atoms with E-state index in [-0.39, 0.29) is 30.6 Å². The monoisotopic (exact) mass is 570 g/mol. The van der Waals surface area contributed by atoms with Gasteiger partial charge < -0.3 is 30.3 Å². The van der Waals surface area contributed by atoms with Gasteiger partial charge in [0.2, 0.25) is 5.78 Å². The molecule has 0 spiro atoms. The van der Waals surface area contributed by atoms with Crippen LogP contribution in [0.5, 0.6) is 5.75 Å². The summed E-state index contributed by atoms with van der Waals surface area (Å²) >= 11 is 0. The van der Waals surface area contributed by atoms with Crippen molar-refractivity contribution in [1.82, 2.24) is 0 Å². The summed E-state index contributed by atoms with van der Waals surface area (Å²) in [6.07, 6.45) is -1.68. The molecule has 3 aliphatic carbocycles. The fourth-order valence-corrected chi connectivity index (χ4v) is 7.66. The lowest BCUT2D eigenvalue weighted by molar-refractivity contribution is -0.211. The number of carbonyl (C=O) groups excluding carboxylic acids is 4. The molecule has 41 heavy (non-hydrogen) atoms. The number of allylic oxidation sites excluding steroid dienone is 1. The summed E-state index contributed by atoms with van der Waals surface area (Å²) in [5.74, 6) is -7.97. The van der Waals surface area contributed by atoms with Crippen LogP contribution in [0.3, 0.4) is 0 Å². The number of benzene rings is 1. The molecule has 3 aliphatic rings. The van der Waals surface area contributed by atoms with Crippen molar-refractivity contribution < 1.29 is 49.4 Å². The zero-order chi connectivity index (χ0) is 31.0. The van der Waals surface area contributed by atoms with Crippen LogP contribution in [-0.2, 0) is 25.5 Å². The van der Waals surface area contributed by atoms with Crippen LogP contribution in [0, 0.1) is 22.7 Å². The Bertz CT molecular complexity index is 1430. The number of rotatable bonds is 6. The number of ether oxygens (including phenoxy) is 1. The molecule has 4 rings (SSSR count). The second-order valence-corrected chi connectivity index (χ2v) is 12.2. The third kappa shape index (κ3) is 3.69. The van der Waals surface area contributed by atoms with Gasteiger partial charge in [-0.15, -0.1) is 0 Å². The molecule has 1 aromatic rings. The van der Waals surface area contributed by atoms with Crippen LogP contribution in [0.2, 0.25) is 0 Å². The first kappa shape index (κ1) is 30.5. The Hall–Kier alpha value is -3.50. The van der Waals surface area contributed by atoms with E-state index in [2.05, 4.69) is 0 Å². The zero-order valence-electron chi connectivity index (χ0n) is 24.4. The quantitative estimate of drug-likeness (QED) is 0.251. The Morgan fingerprint density at radius 3 is 2.24 bits per heavy atom. The van der Waals surface area contributed by atoms with Crippen LogP contribution >= 0.6 is 0 Å². The molecular weight excluding hydrogens is 532 g/mol. The highest BCUT2D eigenvalue weighted by Gasteiger charge is 2.76. The SMILES string of the molecule is CCOC(=O)CCc1ccc2c(c1O)C(=O)C1=C(O)[C@@]3(O)C(=O)C(C(C)=O)=C(O)C(C(C)C)[C@@]3(C)[C@H](O)[C@@]1(C)[C@@H]2C. The van der Waals surface area contributed by atoms with Gasteiger partial charge in [0.15, 0.2) is 17.2 Å². The summed E-state index contributed by atoms with van der Waals surface area (Å²) in [6, 6.07) is 3.20. The third-order valence-corrected chi connectivity index (χ3v) is 9.82. The van der Waals surface area contributed by atoms with Crippen LogP contribution in [-0.4, -0.2) is 67.2 Å². The van der Waals surface area contributed by atoms with Gasteiger partial charge in [-0.2, -0.15) is 0 Å². The zero-order valence-corrected chi connectivity index (χ0v) is 24.4. The van der Waals surface area contributed by atoms with Gasteiger partial charge >= 0.3 is 5.97 Å². The van der Waals surface area contributed by atoms with Gasteiger partial charge in [-0.1, -0.05) is 46.8 Å². The van der Waals surface area contributed by atoms with Crippen molar-refractivity contribution in [2.45, 2.75) is 78.9 Å². The van der Waals surface area contributed by atoms with Gasteiger partial charge in [0, 0.05) is 23.2 Å². The fraction of sp³-hybridized carbons (Fsp3) is 0.548. The summed E-state index contributed by atoms with van der Waals surface area (Å²) < 4.78 is 4.94. The van der Waals surface area contributed by atoms with Crippen LogP contribution < -0.4 is 0 Å². The maximum absolute atomic E-state index is 14.2. The van der Waals surface area contributed by atoms with Crippen molar-refractivity contribution in [2.75, 3.05) is 6.61 Å². The minimum atomic E-state index is -2.94. The molecule has 10 heteroatoms. The molecule has 5 N–H and O–H groups in total. The first-order valence-electron chi connectivity index (χ1n) is 13.8. The van der Waals surface area contributed by atoms with E-state index < -0.39 is 92.0 Å². The van der Waals surface area contributed by atoms with Crippen molar-refractivity contribution >= 4 is 23.3 Å². The second-order valence-electron chi connectivity index (χ2n) is 12.2. The number of hydrogen-bond donors (Lipinski definition) is 5. The topological polar surface area (TPSA) is 179 Å². The van der Waals surface area contributed by atoms with Crippen LogP contribution in [0.4, 0.5) is 0 Å². The number of aliphatic hydroxyl groups excluding tert-OH is 3. The van der Waals surface area contributed by atoms with E-state index in [1.54, 1.807) is 39.8 Å². The Kier molecular flexibility index (Phi) is 7.28. The highest BCUT2D eigenvalue weighted by Crippen LogP contribution is 2.67. The number of Topliss-reactive ketones (excluding diaryl/α,β-unsaturated/α-hetero) is 3. The van der Waals surface area contributed by atoms with Crippen molar-refractivity contribution in [3.8, 4) is 5.75 Å². The normalized spacial score (nSPS) is 33.0. The number of ketones is 3. The maximum atomic E-state index is 14.2. The molecule has 0 bridgehead atoms. The van der Waals surface area contributed by atoms with E-state index >= 15 is 0 Å². The molecule has 1 aromatic carbocycles. The number of phenolic OH excluding ortho intramolecular Hbond substituents is 1. The average Bonchev–Trinajstić information content (AvgIpc) is 2.88. The molecule has 6 atom stereocenters. The Morgan fingerprint density at radius 2 is 1.71 bits per heavy atom. The van der Waals surface area contributed by atoms with Gasteiger partial charge in [-0.25, -0.2) is 0 Å². The highest BCUT2D eigenvalue weighted by atomic mass is 16.5. The Labute approximate surface area is 238 Å². The highest BCUT2D eigenvalue weighted by molar-refractivity contribution is 6.25. The van der Waals surface area contributed by atoms with Gasteiger partial charge in [0.1, 0.15) is 22.8 Å². The number of fused-ring (bicyclic) bond motifs is 3. The number of phenols is 1. The lowest BCUT2D eigenvalue weighted by atomic mass is 9.41. The first-order chi connectivity index (χ1) is 18.9. The van der Waals surface area contributed by atoms with Crippen LogP contribution in [0.1, 0.15) is 82.3 Å². The predicted octanol–water partition coefficient (Wildman–Crippen LogP) is 3.37. The number of aryl methyl sites for hydroxylation is 1. The second kappa shape index (κ2) is 9.80. The molecule has 1 unspecified atom stereocenters. The van der Waals surface area contributed by atoms with Crippen molar-refractivity contribution in [3.63, 3.8) is 0 Å². The van der Waals surface area contributed by atoms with Gasteiger partial charge in [-0.05, 0) is 43.2 Å². The lowest BCUT2D eigenvalue weighted by Crippen LogP contribution is -2.73. The summed E-state index contributed by atoms with van der Waals surface area (Å²) in [5, 5.41) is 58.5. The van der Waals surface area contributed by atoms with Crippen LogP contribution in [0.25, 0.3) is 0 Å². The van der Waals surface area contributed by atoms with E-state index in [0.717, 1.165) is 6.92 Å². The number of carbonyl (C=O) groups is 4. The van der Waals surface area contributed by atoms with E-state index in [4.69, 9.17) is 4.74 Å². The Balaban J connectivity index is 2.01. The molecule has 0 aliphatic heterocycles. The van der Waals surface area contributed by atoms with Gasteiger partial charge in [0.05, 0.1) is 23.8 Å². The van der Waals surface area contributed by atoms with Gasteiger partial charge in [0.25, 0.3) is 0 Å². The molecule has 0 radical (unpaired) electrons. The molecule has 0 aromatic heterocycles. The Morgan fingerprint density at radius 1 is 1.10 bits per heavy atom. The molecule has 0 heterocycles. The summed E-state index contributed by atoms with van der Waals surface area (Å²) in [7, 11) is 0. The summed E-state index contributed by atoms with van der Waals surface area (Å²) in [6.45, 7) is 10.9. The number of hydrogen-bond acceptors (Lipinski definition) is 10. The van der Waals surface area contributed by atoms with E-state index in [0.29, 0.717) is 5.56 Å². The van der Waals surface area contributed by atoms with Crippen molar-refractivity contribution in [2.24, 2.45) is 22.7 Å². The average molecular weight is 571 g/mol. The molecule has 0 saturated heterocycles. The smallest absolute Gasteiger partial charge is 0.306 e. The molecule has 0 amide bonds. The maximum Gasteiger partial charge on any atom is 0.306 e. The number of esters is 1. The standard InChI is InChI=1S/C31H38O10/c1-8-41-18(33)12-10-16-9-11-17-14(4)29(6)22(25(36)20(17)23(16)34)27(38)31(40)26(37)19(15(5)32)24(35)21(13(2)3)30(31,7)28(29)39/h9,11,13-14,21,28,34-35,38-40H,8,10,12H2,1-7H3/t14-,21?,28-,29+,30+,31+/m1/s1. The molecule has 0 fully saturated rings. The van der Waals surface area contributed by atoms with E-state index in [1.807, 2.05) is 0 Å². The molecule has 222 valence electrons. The fourth-order valence-electron chi connectivity index (χ4n) is 7.66. The van der Waals surface area contributed by atoms with Gasteiger partial charge in [-0.3, -0.25) is 19.2 Å². The minimum absolute atomic E-state index is 0.0544. The van der Waals surface area contributed by atoms with E-state index in [1.165, 1.54) is 13.8 Å². The minimum Gasteiger partial charge on any atom is -0.511 e.